The van der Waals surface area contributed by atoms with Crippen molar-refractivity contribution in [3.63, 3.8) is 0 Å². The van der Waals surface area contributed by atoms with Gasteiger partial charge in [-0.15, -0.1) is 0 Å². The summed E-state index contributed by atoms with van der Waals surface area (Å²) in [4.78, 5) is 0. The van der Waals surface area contributed by atoms with Crippen molar-refractivity contribution in [1.82, 2.24) is 9.13 Å². The van der Waals surface area contributed by atoms with E-state index < -0.39 is 0 Å². The Bertz CT molecular complexity index is 717. The van der Waals surface area contributed by atoms with Gasteiger partial charge in [-0.25, -0.2) is 0 Å². The van der Waals surface area contributed by atoms with E-state index in [9.17, 15) is 0 Å². The molecule has 104 valence electrons. The van der Waals surface area contributed by atoms with E-state index in [-0.39, 0.29) is 0 Å². The fourth-order valence-corrected chi connectivity index (χ4v) is 3.07. The number of hydrogen-bond acceptors (Lipinski definition) is 0. The molecule has 0 aliphatic rings. The molecule has 1 aromatic heterocycles. The first-order valence-electron chi connectivity index (χ1n) is 6.52. The molecule has 0 saturated heterocycles. The van der Waals surface area contributed by atoms with Gasteiger partial charge in [-0.3, -0.25) is 0 Å². The van der Waals surface area contributed by atoms with Crippen LogP contribution in [0, 0.1) is 3.80 Å². The summed E-state index contributed by atoms with van der Waals surface area (Å²) in [7, 11) is 4.24. The molecule has 0 unspecified atom stereocenters. The van der Waals surface area contributed by atoms with Crippen molar-refractivity contribution in [3.05, 3.63) is 64.5 Å². The summed E-state index contributed by atoms with van der Waals surface area (Å²) in [6.07, 6.45) is 0. The van der Waals surface area contributed by atoms with Gasteiger partial charge in [-0.2, -0.15) is 0 Å². The van der Waals surface area contributed by atoms with E-state index >= 15 is 0 Å². The van der Waals surface area contributed by atoms with Crippen LogP contribution in [0.1, 0.15) is 0 Å². The Morgan fingerprint density at radius 2 is 1.00 bits per heavy atom. The summed E-state index contributed by atoms with van der Waals surface area (Å²) >= 11 is 2.38. The van der Waals surface area contributed by atoms with Crippen molar-refractivity contribution in [3.8, 4) is 22.5 Å². The molecule has 0 bridgehead atoms. The molecular formula is C17H16N2Pt. The Balaban J connectivity index is 2.36. The average Bonchev–Trinajstić information content (AvgIpc) is 2.73. The number of imidazole rings is 1. The van der Waals surface area contributed by atoms with E-state index in [1.165, 1.54) is 26.3 Å². The number of rotatable bonds is 2. The van der Waals surface area contributed by atoms with Gasteiger partial charge in [0.05, 0.1) is 0 Å². The quantitative estimate of drug-likeness (QED) is 0.571. The number of aromatic nitrogens is 2. The first-order valence-corrected chi connectivity index (χ1v) is 7.65. The zero-order valence-corrected chi connectivity index (χ0v) is 13.8. The van der Waals surface area contributed by atoms with Crippen molar-refractivity contribution in [1.29, 1.82) is 0 Å². The van der Waals surface area contributed by atoms with E-state index in [0.717, 1.165) is 0 Å². The molecule has 0 atom stereocenters. The van der Waals surface area contributed by atoms with Crippen LogP contribution in [0.5, 0.6) is 0 Å². The van der Waals surface area contributed by atoms with Crippen molar-refractivity contribution < 1.29 is 19.4 Å². The van der Waals surface area contributed by atoms with Crippen LogP contribution in [0.4, 0.5) is 0 Å². The number of benzene rings is 2. The maximum atomic E-state index is 2.38. The molecular weight excluding hydrogens is 427 g/mol. The van der Waals surface area contributed by atoms with Gasteiger partial charge in [0.1, 0.15) is 0 Å². The van der Waals surface area contributed by atoms with E-state index in [1.807, 2.05) is 0 Å². The molecule has 0 radical (unpaired) electrons. The molecule has 0 aliphatic heterocycles. The van der Waals surface area contributed by atoms with Crippen LogP contribution in [-0.4, -0.2) is 9.13 Å². The van der Waals surface area contributed by atoms with Gasteiger partial charge in [0.2, 0.25) is 0 Å². The van der Waals surface area contributed by atoms with Gasteiger partial charge in [-0.1, -0.05) is 0 Å². The Hall–Kier alpha value is -1.66. The molecule has 0 aliphatic carbocycles. The summed E-state index contributed by atoms with van der Waals surface area (Å²) in [5.74, 6) is 0. The standard InChI is InChI=1S/C17H16N2.Pt/c1-18-13-19(2)17(15-11-7-4-8-12-15)16(18)14-9-5-3-6-10-14;/h3-12H,1-2H3;. The topological polar surface area (TPSA) is 9.86 Å². The second-order valence-corrected chi connectivity index (χ2v) is 5.80. The zero-order valence-electron chi connectivity index (χ0n) is 11.5. The van der Waals surface area contributed by atoms with E-state index in [0.29, 0.717) is 0 Å². The minimum atomic E-state index is 1.21. The summed E-state index contributed by atoms with van der Waals surface area (Å²) < 4.78 is 5.71. The Morgan fingerprint density at radius 1 is 0.650 bits per heavy atom. The van der Waals surface area contributed by atoms with Crippen molar-refractivity contribution in [2.75, 3.05) is 0 Å². The molecule has 1 heterocycles. The van der Waals surface area contributed by atoms with Gasteiger partial charge < -0.3 is 0 Å². The molecule has 3 heteroatoms. The molecule has 2 aromatic carbocycles. The van der Waals surface area contributed by atoms with Gasteiger partial charge >= 0.3 is 130 Å². The van der Waals surface area contributed by atoms with Gasteiger partial charge in [0.15, 0.2) is 0 Å². The third-order valence-corrected chi connectivity index (χ3v) is 5.03. The van der Waals surface area contributed by atoms with E-state index in [1.54, 1.807) is 0 Å². The van der Waals surface area contributed by atoms with E-state index in [2.05, 4.69) is 103 Å². The van der Waals surface area contributed by atoms with Crippen LogP contribution >= 0.6 is 0 Å². The van der Waals surface area contributed by atoms with Crippen molar-refractivity contribution >= 4 is 0 Å². The fraction of sp³-hybridized carbons (Fsp3) is 0.118. The third-order valence-electron chi connectivity index (χ3n) is 3.50. The second kappa shape index (κ2) is 5.38. The molecule has 0 fully saturated rings. The van der Waals surface area contributed by atoms with E-state index in [4.69, 9.17) is 0 Å². The van der Waals surface area contributed by atoms with Gasteiger partial charge in [-0.05, 0) is 0 Å². The SMILES string of the molecule is Cn1c(-c2ccccc2)c(-c2ccccc2)n(C)[c]1=[Pt]. The summed E-state index contributed by atoms with van der Waals surface area (Å²) in [5.41, 5.74) is 4.99. The second-order valence-electron chi connectivity index (χ2n) is 4.79. The van der Waals surface area contributed by atoms with Crippen molar-refractivity contribution in [2.45, 2.75) is 0 Å². The first-order chi connectivity index (χ1) is 9.70. The van der Waals surface area contributed by atoms with Gasteiger partial charge in [0.25, 0.3) is 0 Å². The molecule has 0 N–H and O–H groups in total. The molecule has 0 saturated carbocycles. The Kier molecular flexibility index (Phi) is 3.58. The summed E-state index contributed by atoms with van der Waals surface area (Å²) in [6.45, 7) is 0. The number of hydrogen-bond donors (Lipinski definition) is 0. The molecule has 0 spiro atoms. The third kappa shape index (κ3) is 2.14. The van der Waals surface area contributed by atoms with Crippen LogP contribution in [0.25, 0.3) is 22.5 Å². The molecule has 20 heavy (non-hydrogen) atoms. The van der Waals surface area contributed by atoms with Gasteiger partial charge in [0, 0.05) is 0 Å². The Labute approximate surface area is 129 Å². The average molecular weight is 443 g/mol. The number of nitrogens with zero attached hydrogens (tertiary/aromatic N) is 2. The van der Waals surface area contributed by atoms with Crippen molar-refractivity contribution in [2.24, 2.45) is 14.1 Å². The predicted molar refractivity (Wildman–Crippen MR) is 78.5 cm³/mol. The fourth-order valence-electron chi connectivity index (χ4n) is 2.57. The summed E-state index contributed by atoms with van der Waals surface area (Å²) in [6, 6.07) is 21.1. The first kappa shape index (κ1) is 13.3. The summed E-state index contributed by atoms with van der Waals surface area (Å²) in [5, 5.41) is 0. The van der Waals surface area contributed by atoms with Crippen LogP contribution < -0.4 is 0 Å². The zero-order chi connectivity index (χ0) is 14.1. The molecule has 3 rings (SSSR count). The maximum absolute atomic E-state index is 2.38. The van der Waals surface area contributed by atoms with Crippen LogP contribution in [0.3, 0.4) is 0 Å². The predicted octanol–water partition coefficient (Wildman–Crippen LogP) is 3.78. The molecule has 3 aromatic rings. The molecule has 0 amide bonds. The monoisotopic (exact) mass is 443 g/mol. The van der Waals surface area contributed by atoms with Crippen LogP contribution in [0.2, 0.25) is 0 Å². The normalized spacial score (nSPS) is 10.8. The Morgan fingerprint density at radius 3 is 1.35 bits per heavy atom. The molecule has 2 nitrogen and oxygen atoms in total. The minimum absolute atomic E-state index is 1.21. The van der Waals surface area contributed by atoms with Crippen LogP contribution in [-0.2, 0) is 33.4 Å². The van der Waals surface area contributed by atoms with Crippen LogP contribution in [0.15, 0.2) is 60.7 Å².